The Morgan fingerprint density at radius 1 is 1.55 bits per heavy atom. The van der Waals surface area contributed by atoms with Gasteiger partial charge in [-0.1, -0.05) is 11.6 Å². The number of carbonyl (C=O) groups excluding carboxylic acids is 1. The van der Waals surface area contributed by atoms with Crippen LogP contribution in [0, 0.1) is 10.1 Å². The standard InChI is InChI=1S/C11H13ClN2O6/c1-20-10(16)4-9(15)11(17)5-2-8(14(18)19)7(13)3-6(5)12/h2-3,9,11,15,17H,4,13H2,1H3. The molecule has 110 valence electrons. The molecule has 0 heterocycles. The highest BCUT2D eigenvalue weighted by Gasteiger charge is 2.26. The molecule has 2 unspecified atom stereocenters. The van der Waals surface area contributed by atoms with Gasteiger partial charge in [-0.15, -0.1) is 0 Å². The summed E-state index contributed by atoms with van der Waals surface area (Å²) in [5.74, 6) is -0.738. The lowest BCUT2D eigenvalue weighted by Gasteiger charge is -2.18. The molecule has 0 amide bonds. The molecule has 0 aliphatic heterocycles. The maximum absolute atomic E-state index is 11.0. The Morgan fingerprint density at radius 2 is 2.15 bits per heavy atom. The number of benzene rings is 1. The molecule has 8 nitrogen and oxygen atoms in total. The van der Waals surface area contributed by atoms with Crippen molar-refractivity contribution in [3.05, 3.63) is 32.8 Å². The van der Waals surface area contributed by atoms with Gasteiger partial charge in [0.25, 0.3) is 5.69 Å². The number of aliphatic hydroxyl groups excluding tert-OH is 2. The third kappa shape index (κ3) is 3.56. The topological polar surface area (TPSA) is 136 Å². The van der Waals surface area contributed by atoms with Gasteiger partial charge in [0.2, 0.25) is 0 Å². The number of ether oxygens (including phenoxy) is 1. The van der Waals surface area contributed by atoms with Crippen LogP contribution in [0.4, 0.5) is 11.4 Å². The van der Waals surface area contributed by atoms with Gasteiger partial charge in [-0.25, -0.2) is 0 Å². The van der Waals surface area contributed by atoms with Crippen molar-refractivity contribution in [1.82, 2.24) is 0 Å². The minimum absolute atomic E-state index is 0.0514. The van der Waals surface area contributed by atoms with Crippen LogP contribution in [0.15, 0.2) is 12.1 Å². The molecule has 2 atom stereocenters. The first kappa shape index (κ1) is 16.2. The number of anilines is 1. The number of halogens is 1. The Morgan fingerprint density at radius 3 is 2.65 bits per heavy atom. The summed E-state index contributed by atoms with van der Waals surface area (Å²) in [4.78, 5) is 21.0. The zero-order valence-electron chi connectivity index (χ0n) is 10.4. The molecule has 0 bridgehead atoms. The Kier molecular flexibility index (Phi) is 5.26. The van der Waals surface area contributed by atoms with E-state index in [-0.39, 0.29) is 16.3 Å². The maximum atomic E-state index is 11.0. The summed E-state index contributed by atoms with van der Waals surface area (Å²) in [5, 5.41) is 30.3. The van der Waals surface area contributed by atoms with Gasteiger partial charge in [0.15, 0.2) is 0 Å². The molecular formula is C11H13ClN2O6. The molecule has 1 rings (SSSR count). The average molecular weight is 305 g/mol. The lowest BCUT2D eigenvalue weighted by Crippen LogP contribution is -2.23. The van der Waals surface area contributed by atoms with Gasteiger partial charge >= 0.3 is 5.97 Å². The number of hydrogen-bond donors (Lipinski definition) is 3. The molecule has 0 radical (unpaired) electrons. The quantitative estimate of drug-likeness (QED) is 0.316. The molecule has 9 heteroatoms. The summed E-state index contributed by atoms with van der Waals surface area (Å²) >= 11 is 5.83. The van der Waals surface area contributed by atoms with E-state index in [2.05, 4.69) is 4.74 Å². The number of nitrogens with zero attached hydrogens (tertiary/aromatic N) is 1. The Hall–Kier alpha value is -1.90. The lowest BCUT2D eigenvalue weighted by molar-refractivity contribution is -0.384. The van der Waals surface area contributed by atoms with Crippen molar-refractivity contribution >= 4 is 28.9 Å². The fourth-order valence-electron chi connectivity index (χ4n) is 1.55. The minimum atomic E-state index is -1.58. The van der Waals surface area contributed by atoms with E-state index in [4.69, 9.17) is 17.3 Å². The Balaban J connectivity index is 3.09. The van der Waals surface area contributed by atoms with Gasteiger partial charge in [0.1, 0.15) is 11.8 Å². The molecule has 20 heavy (non-hydrogen) atoms. The molecule has 1 aromatic rings. The van der Waals surface area contributed by atoms with Crippen molar-refractivity contribution in [3.8, 4) is 0 Å². The second kappa shape index (κ2) is 6.51. The molecule has 0 aliphatic rings. The highest BCUT2D eigenvalue weighted by atomic mass is 35.5. The van der Waals surface area contributed by atoms with E-state index in [1.165, 1.54) is 0 Å². The van der Waals surface area contributed by atoms with E-state index in [0.717, 1.165) is 19.2 Å². The molecule has 4 N–H and O–H groups in total. The van der Waals surface area contributed by atoms with Crippen LogP contribution < -0.4 is 5.73 Å². The maximum Gasteiger partial charge on any atom is 0.308 e. The largest absolute Gasteiger partial charge is 0.469 e. The van der Waals surface area contributed by atoms with E-state index < -0.39 is 35.2 Å². The molecule has 0 saturated heterocycles. The van der Waals surface area contributed by atoms with Crippen molar-refractivity contribution in [3.63, 3.8) is 0 Å². The van der Waals surface area contributed by atoms with E-state index in [1.54, 1.807) is 0 Å². The van der Waals surface area contributed by atoms with Crippen molar-refractivity contribution < 1.29 is 24.7 Å². The van der Waals surface area contributed by atoms with Gasteiger partial charge in [0, 0.05) is 16.7 Å². The number of esters is 1. The number of aliphatic hydroxyl groups is 2. The number of nitrogens with two attached hydrogens (primary N) is 1. The molecule has 0 aliphatic carbocycles. The van der Waals surface area contributed by atoms with Crippen molar-refractivity contribution in [2.75, 3.05) is 12.8 Å². The van der Waals surface area contributed by atoms with Crippen molar-refractivity contribution in [2.45, 2.75) is 18.6 Å². The number of hydrogen-bond acceptors (Lipinski definition) is 7. The molecule has 0 fully saturated rings. The fourth-order valence-corrected chi connectivity index (χ4v) is 1.84. The van der Waals surface area contributed by atoms with E-state index in [9.17, 15) is 25.1 Å². The van der Waals surface area contributed by atoms with Crippen molar-refractivity contribution in [2.24, 2.45) is 0 Å². The van der Waals surface area contributed by atoms with Crippen LogP contribution in [0.25, 0.3) is 0 Å². The van der Waals surface area contributed by atoms with Gasteiger partial charge in [-0.05, 0) is 6.07 Å². The van der Waals surface area contributed by atoms with Crippen LogP contribution in [0.2, 0.25) is 5.02 Å². The molecular weight excluding hydrogens is 292 g/mol. The predicted molar refractivity (Wildman–Crippen MR) is 70.1 cm³/mol. The monoisotopic (exact) mass is 304 g/mol. The number of nitro benzene ring substituents is 1. The minimum Gasteiger partial charge on any atom is -0.469 e. The van der Waals surface area contributed by atoms with Crippen LogP contribution in [0.1, 0.15) is 18.1 Å². The van der Waals surface area contributed by atoms with Crippen LogP contribution in [0.5, 0.6) is 0 Å². The Labute approximate surface area is 118 Å². The summed E-state index contributed by atoms with van der Waals surface area (Å²) in [6.07, 6.45) is -3.57. The summed E-state index contributed by atoms with van der Waals surface area (Å²) in [6.45, 7) is 0. The van der Waals surface area contributed by atoms with Crippen LogP contribution in [0.3, 0.4) is 0 Å². The fraction of sp³-hybridized carbons (Fsp3) is 0.364. The van der Waals surface area contributed by atoms with Crippen LogP contribution in [-0.4, -0.2) is 34.3 Å². The van der Waals surface area contributed by atoms with Crippen LogP contribution >= 0.6 is 11.6 Å². The third-order valence-corrected chi connectivity index (χ3v) is 2.96. The first-order valence-corrected chi connectivity index (χ1v) is 5.82. The number of carbonyl (C=O) groups is 1. The summed E-state index contributed by atoms with van der Waals surface area (Å²) in [7, 11) is 1.13. The lowest BCUT2D eigenvalue weighted by atomic mass is 10.0. The van der Waals surface area contributed by atoms with Crippen LogP contribution in [-0.2, 0) is 9.53 Å². The van der Waals surface area contributed by atoms with E-state index in [1.807, 2.05) is 0 Å². The zero-order chi connectivity index (χ0) is 15.4. The summed E-state index contributed by atoms with van der Waals surface area (Å²) in [6, 6.07) is 2.06. The number of rotatable bonds is 5. The average Bonchev–Trinajstić information content (AvgIpc) is 2.37. The summed E-state index contributed by atoms with van der Waals surface area (Å²) < 4.78 is 4.35. The zero-order valence-corrected chi connectivity index (χ0v) is 11.2. The summed E-state index contributed by atoms with van der Waals surface area (Å²) in [5.41, 5.74) is 4.71. The van der Waals surface area contributed by atoms with E-state index in [0.29, 0.717) is 0 Å². The normalized spacial score (nSPS) is 13.6. The highest BCUT2D eigenvalue weighted by molar-refractivity contribution is 6.31. The molecule has 0 aromatic heterocycles. The van der Waals surface area contributed by atoms with Gasteiger partial charge in [-0.3, -0.25) is 14.9 Å². The number of nitro groups is 1. The second-order valence-electron chi connectivity index (χ2n) is 3.98. The van der Waals surface area contributed by atoms with Gasteiger partial charge < -0.3 is 20.7 Å². The number of methoxy groups -OCH3 is 1. The smallest absolute Gasteiger partial charge is 0.308 e. The highest BCUT2D eigenvalue weighted by Crippen LogP contribution is 2.34. The third-order valence-electron chi connectivity index (χ3n) is 2.63. The number of nitrogen functional groups attached to an aromatic ring is 1. The first-order chi connectivity index (χ1) is 9.27. The molecule has 0 saturated carbocycles. The predicted octanol–water partition coefficient (Wildman–Crippen LogP) is 0.788. The molecule has 0 spiro atoms. The first-order valence-electron chi connectivity index (χ1n) is 5.44. The SMILES string of the molecule is COC(=O)CC(O)C(O)c1cc([N+](=O)[O-])c(N)cc1Cl. The molecule has 1 aromatic carbocycles. The van der Waals surface area contributed by atoms with Gasteiger partial charge in [0.05, 0.1) is 24.6 Å². The van der Waals surface area contributed by atoms with Gasteiger partial charge in [-0.2, -0.15) is 0 Å². The van der Waals surface area contributed by atoms with Crippen molar-refractivity contribution in [1.29, 1.82) is 0 Å². The Bertz CT molecular complexity index is 536. The second-order valence-corrected chi connectivity index (χ2v) is 4.39. The van der Waals surface area contributed by atoms with E-state index >= 15 is 0 Å².